The number of nitrogens with zero attached hydrogens (tertiary/aromatic N) is 1. The molecule has 0 atom stereocenters. The highest BCUT2D eigenvalue weighted by atomic mass is 16.5. The lowest BCUT2D eigenvalue weighted by molar-refractivity contribution is 0.0314. The van der Waals surface area contributed by atoms with Gasteiger partial charge in [-0.2, -0.15) is 0 Å². The summed E-state index contributed by atoms with van der Waals surface area (Å²) in [6.45, 7) is 8.07. The van der Waals surface area contributed by atoms with Crippen molar-refractivity contribution in [2.45, 2.75) is 33.3 Å². The highest BCUT2D eigenvalue weighted by Crippen LogP contribution is 2.20. The van der Waals surface area contributed by atoms with Crippen molar-refractivity contribution in [1.29, 1.82) is 0 Å². The molecule has 19 heavy (non-hydrogen) atoms. The lowest BCUT2D eigenvalue weighted by atomic mass is 10.1. The predicted octanol–water partition coefficient (Wildman–Crippen LogP) is 2.24. The van der Waals surface area contributed by atoms with Crippen LogP contribution in [0.4, 0.5) is 0 Å². The largest absolute Gasteiger partial charge is 0.496 e. The van der Waals surface area contributed by atoms with Crippen molar-refractivity contribution in [2.24, 2.45) is 0 Å². The minimum atomic E-state index is -0.902. The molecule has 0 bridgehead atoms. The van der Waals surface area contributed by atoms with E-state index >= 15 is 0 Å². The molecule has 0 saturated heterocycles. The maximum atomic E-state index is 12.4. The molecule has 0 fully saturated rings. The third kappa shape index (κ3) is 4.24. The van der Waals surface area contributed by atoms with Gasteiger partial charge in [0.15, 0.2) is 0 Å². The zero-order chi connectivity index (χ0) is 14.6. The van der Waals surface area contributed by atoms with Gasteiger partial charge in [-0.3, -0.25) is 4.79 Å². The van der Waals surface area contributed by atoms with Crippen LogP contribution >= 0.6 is 0 Å². The average Bonchev–Trinajstić information content (AvgIpc) is 2.34. The van der Waals surface area contributed by atoms with E-state index in [0.717, 1.165) is 5.56 Å². The summed E-state index contributed by atoms with van der Waals surface area (Å²) < 4.78 is 5.23. The Bertz CT molecular complexity index is 449. The van der Waals surface area contributed by atoms with Gasteiger partial charge in [0.1, 0.15) is 5.75 Å². The summed E-state index contributed by atoms with van der Waals surface area (Å²) in [6, 6.07) is 5.39. The second-order valence-corrected chi connectivity index (χ2v) is 5.32. The topological polar surface area (TPSA) is 49.8 Å². The van der Waals surface area contributed by atoms with Gasteiger partial charge in [-0.25, -0.2) is 0 Å². The Hall–Kier alpha value is -1.55. The number of hydrogen-bond acceptors (Lipinski definition) is 3. The van der Waals surface area contributed by atoms with Gasteiger partial charge < -0.3 is 14.7 Å². The van der Waals surface area contributed by atoms with E-state index in [9.17, 15) is 9.90 Å². The third-order valence-electron chi connectivity index (χ3n) is 2.90. The van der Waals surface area contributed by atoms with Crippen molar-refractivity contribution < 1.29 is 14.6 Å². The van der Waals surface area contributed by atoms with E-state index in [1.54, 1.807) is 38.0 Å². The molecular weight excluding hydrogens is 242 g/mol. The van der Waals surface area contributed by atoms with Crippen LogP contribution in [-0.2, 0) is 0 Å². The number of aryl methyl sites for hydroxylation is 1. The Kier molecular flexibility index (Phi) is 4.95. The van der Waals surface area contributed by atoms with Gasteiger partial charge in [0.25, 0.3) is 5.91 Å². The van der Waals surface area contributed by atoms with Gasteiger partial charge in [0.05, 0.1) is 12.7 Å². The molecule has 0 aliphatic heterocycles. The van der Waals surface area contributed by atoms with Gasteiger partial charge >= 0.3 is 0 Å². The van der Waals surface area contributed by atoms with Crippen molar-refractivity contribution >= 4 is 5.91 Å². The lowest BCUT2D eigenvalue weighted by Gasteiger charge is -2.28. The van der Waals surface area contributed by atoms with Crippen LogP contribution in [0.25, 0.3) is 0 Å². The maximum Gasteiger partial charge on any atom is 0.254 e. The number of aliphatic hydroxyl groups is 1. The number of ether oxygens (including phenoxy) is 1. The first-order valence-electron chi connectivity index (χ1n) is 6.44. The van der Waals surface area contributed by atoms with Crippen LogP contribution in [0.2, 0.25) is 0 Å². The van der Waals surface area contributed by atoms with E-state index in [1.807, 2.05) is 19.9 Å². The standard InChI is InChI=1S/C15H23NO3/c1-6-16(10-15(3,4)18)14(17)12-8-7-11(2)13(9-12)19-5/h7-9,18H,6,10H2,1-5H3. The second kappa shape index (κ2) is 6.06. The van der Waals surface area contributed by atoms with Crippen molar-refractivity contribution in [1.82, 2.24) is 4.90 Å². The summed E-state index contributed by atoms with van der Waals surface area (Å²) in [5.74, 6) is 0.605. The average molecular weight is 265 g/mol. The third-order valence-corrected chi connectivity index (χ3v) is 2.90. The number of carbonyl (C=O) groups excluding carboxylic acids is 1. The van der Waals surface area contributed by atoms with Gasteiger partial charge in [-0.05, 0) is 45.4 Å². The Morgan fingerprint density at radius 2 is 2.05 bits per heavy atom. The molecule has 0 unspecified atom stereocenters. The highest BCUT2D eigenvalue weighted by Gasteiger charge is 2.22. The molecule has 1 N–H and O–H groups in total. The zero-order valence-corrected chi connectivity index (χ0v) is 12.4. The molecule has 0 aliphatic carbocycles. The molecule has 4 heteroatoms. The van der Waals surface area contributed by atoms with Crippen molar-refractivity contribution in [3.63, 3.8) is 0 Å². The van der Waals surface area contributed by atoms with Crippen LogP contribution in [-0.4, -0.2) is 41.7 Å². The number of rotatable bonds is 5. The highest BCUT2D eigenvalue weighted by molar-refractivity contribution is 5.94. The van der Waals surface area contributed by atoms with Crippen LogP contribution in [0.3, 0.4) is 0 Å². The molecule has 0 saturated carbocycles. The van der Waals surface area contributed by atoms with Crippen molar-refractivity contribution in [3.8, 4) is 5.75 Å². The Balaban J connectivity index is 2.97. The van der Waals surface area contributed by atoms with Gasteiger partial charge in [-0.15, -0.1) is 0 Å². The first-order valence-corrected chi connectivity index (χ1v) is 6.44. The minimum absolute atomic E-state index is 0.0945. The number of hydrogen-bond donors (Lipinski definition) is 1. The van der Waals surface area contributed by atoms with E-state index in [0.29, 0.717) is 24.4 Å². The van der Waals surface area contributed by atoms with Gasteiger partial charge in [0, 0.05) is 18.7 Å². The summed E-state index contributed by atoms with van der Waals surface area (Å²) in [6.07, 6.45) is 0. The van der Waals surface area contributed by atoms with Crippen LogP contribution in [0.1, 0.15) is 36.7 Å². The fourth-order valence-corrected chi connectivity index (χ4v) is 1.93. The molecule has 1 amide bonds. The molecule has 0 radical (unpaired) electrons. The summed E-state index contributed by atoms with van der Waals surface area (Å²) in [5.41, 5.74) is 0.665. The first-order chi connectivity index (χ1) is 8.78. The van der Waals surface area contributed by atoms with E-state index in [4.69, 9.17) is 4.74 Å². The fourth-order valence-electron chi connectivity index (χ4n) is 1.93. The molecule has 4 nitrogen and oxygen atoms in total. The Labute approximate surface area is 115 Å². The maximum absolute atomic E-state index is 12.4. The molecular formula is C15H23NO3. The zero-order valence-electron chi connectivity index (χ0n) is 12.4. The molecule has 0 aliphatic rings. The molecule has 0 heterocycles. The van der Waals surface area contributed by atoms with Gasteiger partial charge in [0.2, 0.25) is 0 Å². The molecule has 106 valence electrons. The van der Waals surface area contributed by atoms with E-state index < -0.39 is 5.60 Å². The summed E-state index contributed by atoms with van der Waals surface area (Å²) >= 11 is 0. The predicted molar refractivity (Wildman–Crippen MR) is 75.6 cm³/mol. The SMILES string of the molecule is CCN(CC(C)(C)O)C(=O)c1ccc(C)c(OC)c1. The number of amides is 1. The first kappa shape index (κ1) is 15.5. The van der Waals surface area contributed by atoms with Crippen molar-refractivity contribution in [3.05, 3.63) is 29.3 Å². The van der Waals surface area contributed by atoms with Crippen LogP contribution in [0.5, 0.6) is 5.75 Å². The molecule has 0 aromatic heterocycles. The van der Waals surface area contributed by atoms with Crippen LogP contribution in [0.15, 0.2) is 18.2 Å². The minimum Gasteiger partial charge on any atom is -0.496 e. The Morgan fingerprint density at radius 3 is 2.53 bits per heavy atom. The summed E-state index contributed by atoms with van der Waals surface area (Å²) in [4.78, 5) is 14.0. The van der Waals surface area contributed by atoms with E-state index in [1.165, 1.54) is 0 Å². The smallest absolute Gasteiger partial charge is 0.254 e. The number of carbonyl (C=O) groups is 1. The molecule has 1 rings (SSSR count). The Morgan fingerprint density at radius 1 is 1.42 bits per heavy atom. The molecule has 0 spiro atoms. The van der Waals surface area contributed by atoms with Crippen LogP contribution < -0.4 is 4.74 Å². The van der Waals surface area contributed by atoms with Gasteiger partial charge in [-0.1, -0.05) is 6.07 Å². The number of methoxy groups -OCH3 is 1. The summed E-state index contributed by atoms with van der Waals surface area (Å²) in [5, 5.41) is 9.84. The summed E-state index contributed by atoms with van der Waals surface area (Å²) in [7, 11) is 1.59. The lowest BCUT2D eigenvalue weighted by Crippen LogP contribution is -2.42. The number of benzene rings is 1. The van der Waals surface area contributed by atoms with E-state index in [-0.39, 0.29) is 5.91 Å². The molecule has 1 aromatic rings. The quantitative estimate of drug-likeness (QED) is 0.888. The monoisotopic (exact) mass is 265 g/mol. The molecule has 1 aromatic carbocycles. The number of likely N-dealkylation sites (N-methyl/N-ethyl adjacent to an activating group) is 1. The normalized spacial score (nSPS) is 11.3. The van der Waals surface area contributed by atoms with Crippen LogP contribution in [0, 0.1) is 6.92 Å². The van der Waals surface area contributed by atoms with E-state index in [2.05, 4.69) is 0 Å². The second-order valence-electron chi connectivity index (χ2n) is 5.32. The fraction of sp³-hybridized carbons (Fsp3) is 0.533. The van der Waals surface area contributed by atoms with Crippen molar-refractivity contribution in [2.75, 3.05) is 20.2 Å².